The molecule has 1 atom stereocenters. The van der Waals surface area contributed by atoms with Gasteiger partial charge in [-0.05, 0) is 36.1 Å². The van der Waals surface area contributed by atoms with Crippen LogP contribution in [0.4, 0.5) is 5.69 Å². The van der Waals surface area contributed by atoms with E-state index in [2.05, 4.69) is 10.6 Å². The second kappa shape index (κ2) is 6.92. The highest BCUT2D eigenvalue weighted by molar-refractivity contribution is 6.39. The number of carbonyl (C=O) groups is 2. The molecule has 1 aliphatic heterocycles. The average Bonchev–Trinajstić information content (AvgIpc) is 3.03. The fourth-order valence-corrected chi connectivity index (χ4v) is 3.47. The lowest BCUT2D eigenvalue weighted by Crippen LogP contribution is -2.43. The highest BCUT2D eigenvalue weighted by Crippen LogP contribution is 2.36. The van der Waals surface area contributed by atoms with Crippen LogP contribution in [0.3, 0.4) is 0 Å². The second-order valence-electron chi connectivity index (χ2n) is 6.68. The molecular weight excluding hydrogens is 348 g/mol. The predicted molar refractivity (Wildman–Crippen MR) is 97.7 cm³/mol. The number of ether oxygens (including phenoxy) is 2. The minimum Gasteiger partial charge on any atom is -0.486 e. The number of amides is 2. The van der Waals surface area contributed by atoms with Gasteiger partial charge in [0.2, 0.25) is 0 Å². The van der Waals surface area contributed by atoms with Gasteiger partial charge in [0.15, 0.2) is 11.5 Å². The topological polar surface area (TPSA) is 96.9 Å². The summed E-state index contributed by atoms with van der Waals surface area (Å²) in [6.07, 6.45) is 1.25. The third-order valence-corrected chi connectivity index (χ3v) is 4.87. The van der Waals surface area contributed by atoms with E-state index in [1.54, 1.807) is 18.2 Å². The van der Waals surface area contributed by atoms with E-state index in [9.17, 15) is 14.7 Å². The number of hydrogen-bond donors (Lipinski definition) is 3. The molecule has 2 aromatic rings. The number of aryl methyl sites for hydroxylation is 1. The molecule has 3 N–H and O–H groups in total. The number of aliphatic hydroxyl groups is 1. The molecule has 2 aromatic carbocycles. The maximum absolute atomic E-state index is 12.2. The molecule has 27 heavy (non-hydrogen) atoms. The molecule has 1 unspecified atom stereocenters. The molecular formula is C20H20N2O5. The van der Waals surface area contributed by atoms with Gasteiger partial charge in [0.05, 0.1) is 6.54 Å². The monoisotopic (exact) mass is 368 g/mol. The minimum absolute atomic E-state index is 0.0165. The van der Waals surface area contributed by atoms with E-state index in [-0.39, 0.29) is 6.54 Å². The van der Waals surface area contributed by atoms with Gasteiger partial charge >= 0.3 is 11.8 Å². The largest absolute Gasteiger partial charge is 0.486 e. The van der Waals surface area contributed by atoms with Crippen molar-refractivity contribution in [3.8, 4) is 11.5 Å². The lowest BCUT2D eigenvalue weighted by molar-refractivity contribution is -0.136. The van der Waals surface area contributed by atoms with Gasteiger partial charge < -0.3 is 25.2 Å². The lowest BCUT2D eigenvalue weighted by Gasteiger charge is -2.24. The Morgan fingerprint density at radius 2 is 1.81 bits per heavy atom. The van der Waals surface area contributed by atoms with Gasteiger partial charge in [0, 0.05) is 11.8 Å². The van der Waals surface area contributed by atoms with Crippen LogP contribution < -0.4 is 20.1 Å². The first-order chi connectivity index (χ1) is 13.0. The zero-order valence-corrected chi connectivity index (χ0v) is 14.7. The van der Waals surface area contributed by atoms with Crippen molar-refractivity contribution < 1.29 is 24.2 Å². The highest BCUT2D eigenvalue weighted by Gasteiger charge is 2.37. The van der Waals surface area contributed by atoms with Crippen molar-refractivity contribution in [3.05, 3.63) is 53.6 Å². The van der Waals surface area contributed by atoms with Gasteiger partial charge in [-0.15, -0.1) is 0 Å². The molecule has 0 saturated heterocycles. The Bertz CT molecular complexity index is 898. The molecule has 7 heteroatoms. The molecule has 4 rings (SSSR count). The number of benzene rings is 2. The van der Waals surface area contributed by atoms with Crippen molar-refractivity contribution >= 4 is 17.5 Å². The zero-order valence-electron chi connectivity index (χ0n) is 14.7. The molecule has 1 aliphatic carbocycles. The van der Waals surface area contributed by atoms with Crippen LogP contribution in [0.5, 0.6) is 11.5 Å². The Morgan fingerprint density at radius 1 is 1.04 bits per heavy atom. The first-order valence-electron chi connectivity index (χ1n) is 8.85. The third kappa shape index (κ3) is 3.46. The quantitative estimate of drug-likeness (QED) is 0.711. The second-order valence-corrected chi connectivity index (χ2v) is 6.68. The average molecular weight is 368 g/mol. The summed E-state index contributed by atoms with van der Waals surface area (Å²) < 4.78 is 10.9. The molecule has 0 spiro atoms. The lowest BCUT2D eigenvalue weighted by atomic mass is 9.96. The molecule has 7 nitrogen and oxygen atoms in total. The van der Waals surface area contributed by atoms with Crippen molar-refractivity contribution in [1.29, 1.82) is 0 Å². The molecule has 0 saturated carbocycles. The van der Waals surface area contributed by atoms with Crippen LogP contribution >= 0.6 is 0 Å². The first-order valence-corrected chi connectivity index (χ1v) is 8.85. The van der Waals surface area contributed by atoms with E-state index in [0.29, 0.717) is 36.8 Å². The smallest absolute Gasteiger partial charge is 0.313 e. The summed E-state index contributed by atoms with van der Waals surface area (Å²) in [5.74, 6) is -0.480. The highest BCUT2D eigenvalue weighted by atomic mass is 16.6. The fraction of sp³-hybridized carbons (Fsp3) is 0.300. The van der Waals surface area contributed by atoms with Crippen LogP contribution in [0, 0.1) is 0 Å². The molecule has 0 bridgehead atoms. The van der Waals surface area contributed by atoms with Gasteiger partial charge in [0.25, 0.3) is 0 Å². The molecule has 2 aliphatic rings. The van der Waals surface area contributed by atoms with Gasteiger partial charge in [-0.25, -0.2) is 0 Å². The maximum atomic E-state index is 12.2. The van der Waals surface area contributed by atoms with Crippen LogP contribution in [0.15, 0.2) is 42.5 Å². The Balaban J connectivity index is 1.37. The van der Waals surface area contributed by atoms with Gasteiger partial charge in [-0.2, -0.15) is 0 Å². The van der Waals surface area contributed by atoms with E-state index in [1.807, 2.05) is 24.3 Å². The molecule has 2 amide bonds. The summed E-state index contributed by atoms with van der Waals surface area (Å²) in [6.45, 7) is 0.898. The molecule has 0 aromatic heterocycles. The number of nitrogens with one attached hydrogen (secondary N) is 2. The number of rotatable bonds is 3. The van der Waals surface area contributed by atoms with Crippen LogP contribution in [0.2, 0.25) is 0 Å². The van der Waals surface area contributed by atoms with Crippen LogP contribution in [-0.2, 0) is 21.6 Å². The Morgan fingerprint density at radius 3 is 2.67 bits per heavy atom. The van der Waals surface area contributed by atoms with Crippen molar-refractivity contribution in [2.75, 3.05) is 25.1 Å². The summed E-state index contributed by atoms with van der Waals surface area (Å²) in [4.78, 5) is 24.3. The summed E-state index contributed by atoms with van der Waals surface area (Å²) in [5, 5.41) is 15.9. The van der Waals surface area contributed by atoms with Crippen molar-refractivity contribution in [2.45, 2.75) is 18.4 Å². The van der Waals surface area contributed by atoms with Crippen LogP contribution in [0.1, 0.15) is 17.5 Å². The molecule has 0 radical (unpaired) electrons. The number of carbonyl (C=O) groups excluding carboxylic acids is 2. The predicted octanol–water partition coefficient (Wildman–Crippen LogP) is 1.35. The number of fused-ring (bicyclic) bond motifs is 2. The van der Waals surface area contributed by atoms with Crippen molar-refractivity contribution in [1.82, 2.24) is 5.32 Å². The molecule has 0 fully saturated rings. The van der Waals surface area contributed by atoms with Gasteiger partial charge in [0.1, 0.15) is 18.8 Å². The van der Waals surface area contributed by atoms with E-state index >= 15 is 0 Å². The van der Waals surface area contributed by atoms with E-state index < -0.39 is 17.4 Å². The number of anilines is 1. The minimum atomic E-state index is -1.15. The van der Waals surface area contributed by atoms with E-state index in [4.69, 9.17) is 9.47 Å². The van der Waals surface area contributed by atoms with E-state index in [1.165, 1.54) is 0 Å². The third-order valence-electron chi connectivity index (χ3n) is 4.87. The number of hydrogen-bond acceptors (Lipinski definition) is 5. The van der Waals surface area contributed by atoms with Gasteiger partial charge in [-0.3, -0.25) is 9.59 Å². The SMILES string of the molecule is O=C(NCC1(O)CCc2ccccc21)C(=O)Nc1ccc2c(c1)OCCO2. The summed E-state index contributed by atoms with van der Waals surface area (Å²) in [6, 6.07) is 12.5. The standard InChI is InChI=1S/C20H20N2O5/c23-18(21-12-20(25)8-7-13-3-1-2-4-15(13)20)19(24)22-14-5-6-16-17(11-14)27-10-9-26-16/h1-6,11,25H,7-10,12H2,(H,21,23)(H,22,24). The molecule has 140 valence electrons. The summed E-state index contributed by atoms with van der Waals surface area (Å²) >= 11 is 0. The zero-order chi connectivity index (χ0) is 18.9. The van der Waals surface area contributed by atoms with Crippen LogP contribution in [0.25, 0.3) is 0 Å². The van der Waals surface area contributed by atoms with E-state index in [0.717, 1.165) is 17.5 Å². The Labute approximate surface area is 156 Å². The van der Waals surface area contributed by atoms with Crippen molar-refractivity contribution in [2.24, 2.45) is 0 Å². The summed E-state index contributed by atoms with van der Waals surface area (Å²) in [5.41, 5.74) is 1.15. The Hall–Kier alpha value is -3.06. The maximum Gasteiger partial charge on any atom is 0.313 e. The van der Waals surface area contributed by atoms with Gasteiger partial charge in [-0.1, -0.05) is 24.3 Å². The normalized spacial score (nSPS) is 19.9. The van der Waals surface area contributed by atoms with Crippen LogP contribution in [-0.4, -0.2) is 36.7 Å². The first kappa shape index (κ1) is 17.4. The molecule has 1 heterocycles. The Kier molecular flexibility index (Phi) is 4.45. The summed E-state index contributed by atoms with van der Waals surface area (Å²) in [7, 11) is 0. The van der Waals surface area contributed by atoms with Crippen molar-refractivity contribution in [3.63, 3.8) is 0 Å². The fourth-order valence-electron chi connectivity index (χ4n) is 3.47.